The van der Waals surface area contributed by atoms with Crippen molar-refractivity contribution in [2.45, 2.75) is 39.3 Å². The molecule has 2 N–H and O–H groups in total. The number of nitrogens with one attached hydrogen (secondary N) is 1. The van der Waals surface area contributed by atoms with E-state index in [0.717, 1.165) is 33.4 Å². The highest BCUT2D eigenvalue weighted by atomic mass is 16.5. The molecule has 0 radical (unpaired) electrons. The minimum Gasteiger partial charge on any atom is -0.480 e. The summed E-state index contributed by atoms with van der Waals surface area (Å²) in [4.78, 5) is 39.1. The number of hydrogen-bond acceptors (Lipinski definition) is 4. The Labute approximate surface area is 253 Å². The maximum atomic E-state index is 13.1. The number of benzene rings is 4. The molecular formula is C36H38N2O5. The highest BCUT2D eigenvalue weighted by Crippen LogP contribution is 2.25. The van der Waals surface area contributed by atoms with Crippen molar-refractivity contribution in [1.82, 2.24) is 10.2 Å². The van der Waals surface area contributed by atoms with E-state index in [4.69, 9.17) is 4.74 Å². The molecule has 7 heteroatoms. The normalized spacial score (nSPS) is 11.5. The molecule has 2 amide bonds. The molecule has 0 spiro atoms. The number of ether oxygens (including phenoxy) is 1. The number of hydrogen-bond donors (Lipinski definition) is 2. The molecule has 0 saturated heterocycles. The molecule has 4 aromatic rings. The van der Waals surface area contributed by atoms with E-state index in [2.05, 4.69) is 41.7 Å². The smallest absolute Gasteiger partial charge is 0.326 e. The Balaban J connectivity index is 1.34. The fraction of sp³-hybridized carbons (Fsp3) is 0.250. The van der Waals surface area contributed by atoms with E-state index in [-0.39, 0.29) is 31.9 Å². The fourth-order valence-corrected chi connectivity index (χ4v) is 4.75. The van der Waals surface area contributed by atoms with Gasteiger partial charge in [0.25, 0.3) is 0 Å². The second kappa shape index (κ2) is 15.4. The minimum atomic E-state index is -1.12. The zero-order chi connectivity index (χ0) is 30.6. The summed E-state index contributed by atoms with van der Waals surface area (Å²) in [6.07, 6.45) is 0.140. The van der Waals surface area contributed by atoms with Crippen molar-refractivity contribution in [2.75, 3.05) is 13.1 Å². The van der Waals surface area contributed by atoms with Gasteiger partial charge in [-0.25, -0.2) is 9.59 Å². The lowest BCUT2D eigenvalue weighted by molar-refractivity contribution is -0.145. The standard InChI is InChI=1S/C36H38N2O5/c1-26(2)24-38(22-21-34(39)43-25-28-9-5-3-6-10-28)36(42)37-33(35(40)41)23-27-13-15-30(16-14-27)32-19-17-31(18-20-32)29-11-7-4-8-12-29/h3-20,26,33H,21-25H2,1-2H3,(H,37,42)(H,40,41)/t33-/m0/s1. The first-order valence-electron chi connectivity index (χ1n) is 14.5. The molecule has 0 saturated carbocycles. The number of nitrogens with zero attached hydrogens (tertiary/aromatic N) is 1. The molecule has 4 rings (SSSR count). The quantitative estimate of drug-likeness (QED) is 0.170. The van der Waals surface area contributed by atoms with Gasteiger partial charge >= 0.3 is 18.0 Å². The molecule has 1 atom stereocenters. The Morgan fingerprint density at radius 1 is 0.721 bits per heavy atom. The van der Waals surface area contributed by atoms with Crippen molar-refractivity contribution in [3.05, 3.63) is 120 Å². The van der Waals surface area contributed by atoms with Crippen LogP contribution >= 0.6 is 0 Å². The molecule has 0 aromatic heterocycles. The second-order valence-corrected chi connectivity index (χ2v) is 10.9. The maximum Gasteiger partial charge on any atom is 0.326 e. The van der Waals surface area contributed by atoms with E-state index in [1.165, 1.54) is 4.90 Å². The van der Waals surface area contributed by atoms with Gasteiger partial charge in [0.1, 0.15) is 12.6 Å². The van der Waals surface area contributed by atoms with Gasteiger partial charge in [-0.05, 0) is 39.3 Å². The zero-order valence-corrected chi connectivity index (χ0v) is 24.6. The van der Waals surface area contributed by atoms with Crippen LogP contribution in [0.15, 0.2) is 109 Å². The Morgan fingerprint density at radius 2 is 1.23 bits per heavy atom. The first-order chi connectivity index (χ1) is 20.8. The third-order valence-corrected chi connectivity index (χ3v) is 7.02. The van der Waals surface area contributed by atoms with Crippen molar-refractivity contribution < 1.29 is 24.2 Å². The summed E-state index contributed by atoms with van der Waals surface area (Å²) < 4.78 is 5.34. The van der Waals surface area contributed by atoms with Gasteiger partial charge < -0.3 is 20.1 Å². The van der Waals surface area contributed by atoms with E-state index < -0.39 is 24.0 Å². The first-order valence-corrected chi connectivity index (χ1v) is 14.5. The monoisotopic (exact) mass is 578 g/mol. The van der Waals surface area contributed by atoms with Crippen molar-refractivity contribution in [3.63, 3.8) is 0 Å². The lowest BCUT2D eigenvalue weighted by Crippen LogP contribution is -2.50. The first kappa shape index (κ1) is 31.0. The van der Waals surface area contributed by atoms with Crippen molar-refractivity contribution in [2.24, 2.45) is 5.92 Å². The number of urea groups is 1. The number of rotatable bonds is 13. The second-order valence-electron chi connectivity index (χ2n) is 10.9. The minimum absolute atomic E-state index is 0.0124. The number of esters is 1. The molecule has 222 valence electrons. The van der Waals surface area contributed by atoms with E-state index >= 15 is 0 Å². The van der Waals surface area contributed by atoms with E-state index in [0.29, 0.717) is 6.54 Å². The third kappa shape index (κ3) is 9.57. The molecule has 0 aliphatic heterocycles. The van der Waals surface area contributed by atoms with Crippen molar-refractivity contribution >= 4 is 18.0 Å². The SMILES string of the molecule is CC(C)CN(CCC(=O)OCc1ccccc1)C(=O)N[C@@H](Cc1ccc(-c2ccc(-c3ccccc3)cc2)cc1)C(=O)O. The summed E-state index contributed by atoms with van der Waals surface area (Å²) in [6.45, 7) is 4.58. The van der Waals surface area contributed by atoms with E-state index in [1.54, 1.807) is 0 Å². The summed E-state index contributed by atoms with van der Waals surface area (Å²) >= 11 is 0. The zero-order valence-electron chi connectivity index (χ0n) is 24.6. The van der Waals surface area contributed by atoms with Crippen molar-refractivity contribution in [1.29, 1.82) is 0 Å². The highest BCUT2D eigenvalue weighted by molar-refractivity contribution is 5.83. The molecule has 0 heterocycles. The van der Waals surface area contributed by atoms with Crippen LogP contribution in [0.3, 0.4) is 0 Å². The van der Waals surface area contributed by atoms with Gasteiger partial charge in [-0.2, -0.15) is 0 Å². The Hall–Kier alpha value is -4.91. The van der Waals surface area contributed by atoms with E-state index in [1.807, 2.05) is 86.6 Å². The molecule has 0 bridgehead atoms. The van der Waals surface area contributed by atoms with Gasteiger partial charge in [0.05, 0.1) is 6.42 Å². The van der Waals surface area contributed by atoms with Crippen LogP contribution < -0.4 is 5.32 Å². The number of carboxylic acid groups (broad SMARTS) is 1. The van der Waals surface area contributed by atoms with Crippen molar-refractivity contribution in [3.8, 4) is 22.3 Å². The molecule has 7 nitrogen and oxygen atoms in total. The third-order valence-electron chi connectivity index (χ3n) is 7.02. The predicted octanol–water partition coefficient (Wildman–Crippen LogP) is 6.82. The number of carboxylic acids is 1. The predicted molar refractivity (Wildman–Crippen MR) is 168 cm³/mol. The number of carbonyl (C=O) groups is 3. The van der Waals surface area contributed by atoms with Crippen LogP contribution in [0.25, 0.3) is 22.3 Å². The largest absolute Gasteiger partial charge is 0.480 e. The molecule has 0 fully saturated rings. The summed E-state index contributed by atoms with van der Waals surface area (Å²) in [7, 11) is 0. The summed E-state index contributed by atoms with van der Waals surface area (Å²) in [5.41, 5.74) is 6.03. The summed E-state index contributed by atoms with van der Waals surface area (Å²) in [5.74, 6) is -1.42. The van der Waals surface area contributed by atoms with Crippen LogP contribution in [-0.4, -0.2) is 47.1 Å². The van der Waals surface area contributed by atoms with Gasteiger partial charge in [-0.3, -0.25) is 4.79 Å². The Morgan fingerprint density at radius 3 is 1.77 bits per heavy atom. The molecular weight excluding hydrogens is 540 g/mol. The van der Waals surface area contributed by atoms with Crippen LogP contribution in [-0.2, 0) is 27.4 Å². The number of aliphatic carboxylic acids is 1. The maximum absolute atomic E-state index is 13.1. The van der Waals surface area contributed by atoms with Crippen LogP contribution in [0.5, 0.6) is 0 Å². The van der Waals surface area contributed by atoms with Crippen LogP contribution in [0, 0.1) is 5.92 Å². The average Bonchev–Trinajstić information content (AvgIpc) is 3.03. The van der Waals surface area contributed by atoms with Gasteiger partial charge in [0.2, 0.25) is 0 Å². The molecule has 0 aliphatic rings. The summed E-state index contributed by atoms with van der Waals surface area (Å²) in [5, 5.41) is 12.5. The average molecular weight is 579 g/mol. The van der Waals surface area contributed by atoms with Crippen LogP contribution in [0.2, 0.25) is 0 Å². The fourth-order valence-electron chi connectivity index (χ4n) is 4.75. The molecule has 4 aromatic carbocycles. The number of carbonyl (C=O) groups excluding carboxylic acids is 2. The van der Waals surface area contributed by atoms with E-state index in [9.17, 15) is 19.5 Å². The Kier molecular flexibility index (Phi) is 11.1. The highest BCUT2D eigenvalue weighted by Gasteiger charge is 2.24. The lowest BCUT2D eigenvalue weighted by atomic mass is 9.98. The molecule has 43 heavy (non-hydrogen) atoms. The van der Waals surface area contributed by atoms with Crippen LogP contribution in [0.1, 0.15) is 31.4 Å². The number of amides is 2. The molecule has 0 unspecified atom stereocenters. The van der Waals surface area contributed by atoms with Gasteiger partial charge in [-0.1, -0.05) is 123 Å². The van der Waals surface area contributed by atoms with Gasteiger partial charge in [0, 0.05) is 19.5 Å². The van der Waals surface area contributed by atoms with Gasteiger partial charge in [0.15, 0.2) is 0 Å². The Bertz CT molecular complexity index is 1470. The summed E-state index contributed by atoms with van der Waals surface area (Å²) in [6, 6.07) is 33.9. The van der Waals surface area contributed by atoms with Gasteiger partial charge in [-0.15, -0.1) is 0 Å². The lowest BCUT2D eigenvalue weighted by Gasteiger charge is -2.26. The molecule has 0 aliphatic carbocycles. The topological polar surface area (TPSA) is 95.9 Å². The van der Waals surface area contributed by atoms with Crippen LogP contribution in [0.4, 0.5) is 4.79 Å².